The predicted molar refractivity (Wildman–Crippen MR) is 113 cm³/mol. The molecule has 0 bridgehead atoms. The Morgan fingerprint density at radius 1 is 1.23 bits per heavy atom. The summed E-state index contributed by atoms with van der Waals surface area (Å²) in [6.07, 6.45) is 5.40. The summed E-state index contributed by atoms with van der Waals surface area (Å²) >= 11 is 0. The Balaban J connectivity index is 2.03. The molecule has 1 unspecified atom stereocenters. The van der Waals surface area contributed by atoms with Crippen molar-refractivity contribution in [3.8, 4) is 5.75 Å². The second-order valence-corrected chi connectivity index (χ2v) is 7.48. The minimum atomic E-state index is -0.768. The Morgan fingerprint density at radius 2 is 2.03 bits per heavy atom. The maximum absolute atomic E-state index is 13.4. The van der Waals surface area contributed by atoms with E-state index in [0.29, 0.717) is 23.5 Å². The van der Waals surface area contributed by atoms with E-state index in [1.165, 1.54) is 12.0 Å². The number of aromatic nitrogens is 1. The van der Waals surface area contributed by atoms with Gasteiger partial charge >= 0.3 is 0 Å². The number of benzene rings is 1. The van der Waals surface area contributed by atoms with E-state index < -0.39 is 23.5 Å². The van der Waals surface area contributed by atoms with Crippen LogP contribution in [0.1, 0.15) is 42.5 Å². The first-order valence-corrected chi connectivity index (χ1v) is 10.4. The molecule has 1 saturated heterocycles. The number of aromatic amines is 1. The number of likely N-dealkylation sites (tertiary alicyclic amines) is 1. The van der Waals surface area contributed by atoms with Crippen molar-refractivity contribution in [2.24, 2.45) is 0 Å². The highest BCUT2D eigenvalue weighted by atomic mass is 16.5. The van der Waals surface area contributed by atoms with Gasteiger partial charge < -0.3 is 19.5 Å². The van der Waals surface area contributed by atoms with Crippen LogP contribution in [0.2, 0.25) is 0 Å². The van der Waals surface area contributed by atoms with Gasteiger partial charge in [0.15, 0.2) is 12.4 Å². The van der Waals surface area contributed by atoms with Gasteiger partial charge in [0.2, 0.25) is 5.78 Å². The third-order valence-corrected chi connectivity index (χ3v) is 5.31. The molecule has 0 spiro atoms. The fourth-order valence-corrected chi connectivity index (χ4v) is 3.65. The fraction of sp³-hybridized carbons (Fsp3) is 0.375. The van der Waals surface area contributed by atoms with Gasteiger partial charge in [-0.2, -0.15) is 0 Å². The number of nitrogens with one attached hydrogen (secondary N) is 1. The van der Waals surface area contributed by atoms with Gasteiger partial charge in [-0.25, -0.2) is 4.98 Å². The average Bonchev–Trinajstić information content (AvgIpc) is 3.03. The summed E-state index contributed by atoms with van der Waals surface area (Å²) in [4.78, 5) is 30.0. The molecule has 3 rings (SSSR count). The van der Waals surface area contributed by atoms with E-state index in [-0.39, 0.29) is 18.7 Å². The van der Waals surface area contributed by atoms with Gasteiger partial charge in [-0.3, -0.25) is 9.59 Å². The maximum atomic E-state index is 13.4. The van der Waals surface area contributed by atoms with Gasteiger partial charge in [0.05, 0.1) is 19.3 Å². The zero-order valence-electron chi connectivity index (χ0n) is 18.1. The van der Waals surface area contributed by atoms with Crippen molar-refractivity contribution >= 4 is 17.4 Å². The van der Waals surface area contributed by atoms with Crippen LogP contribution >= 0.6 is 0 Å². The molecule has 1 amide bonds. The number of hydrogen-bond donors (Lipinski definition) is 0. The molecule has 31 heavy (non-hydrogen) atoms. The number of Topliss-reactive ketones (excluding diaryl/α,β-unsaturated/α-hetero) is 1. The molecule has 0 radical (unpaired) electrons. The maximum Gasteiger partial charge on any atom is 0.295 e. The van der Waals surface area contributed by atoms with Crippen molar-refractivity contribution in [1.29, 1.82) is 0 Å². The van der Waals surface area contributed by atoms with Crippen LogP contribution in [0.4, 0.5) is 0 Å². The summed E-state index contributed by atoms with van der Waals surface area (Å²) in [6, 6.07) is 7.89. The zero-order chi connectivity index (χ0) is 22.4. The number of pyridine rings is 1. The summed E-state index contributed by atoms with van der Waals surface area (Å²) < 4.78 is 10.9. The topological polar surface area (TPSA) is 93.0 Å². The molecule has 1 N–H and O–H groups in total. The van der Waals surface area contributed by atoms with E-state index in [2.05, 4.69) is 11.9 Å². The summed E-state index contributed by atoms with van der Waals surface area (Å²) in [5.41, 5.74) is 1.78. The van der Waals surface area contributed by atoms with Crippen molar-refractivity contribution < 1.29 is 29.2 Å². The molecule has 164 valence electrons. The van der Waals surface area contributed by atoms with Crippen LogP contribution in [0.3, 0.4) is 0 Å². The lowest BCUT2D eigenvalue weighted by Gasteiger charge is -2.26. The van der Waals surface area contributed by atoms with Crippen molar-refractivity contribution in [3.05, 3.63) is 65.0 Å². The van der Waals surface area contributed by atoms with E-state index >= 15 is 0 Å². The van der Waals surface area contributed by atoms with E-state index in [9.17, 15) is 14.7 Å². The number of H-pyrrole nitrogens is 1. The Bertz CT molecular complexity index is 971. The SMILES string of the molecule is CCCCOc1ccc(/C([O-])=C2\C(=O)C(=O)N(CCOC)C2c2ccc[nH+]c2)cc1C. The number of ether oxygens (including phenoxy) is 2. The number of carbonyl (C=O) groups excluding carboxylic acids is 2. The molecule has 1 aliphatic rings. The number of unbranched alkanes of at least 4 members (excludes halogenated alkanes) is 1. The first-order valence-electron chi connectivity index (χ1n) is 10.4. The largest absolute Gasteiger partial charge is 0.872 e. The minimum Gasteiger partial charge on any atom is -0.872 e. The third-order valence-electron chi connectivity index (χ3n) is 5.31. The Morgan fingerprint density at radius 3 is 2.68 bits per heavy atom. The van der Waals surface area contributed by atoms with Gasteiger partial charge in [0.1, 0.15) is 5.75 Å². The monoisotopic (exact) mass is 424 g/mol. The normalized spacial score (nSPS) is 17.9. The van der Waals surface area contributed by atoms with Gasteiger partial charge in [-0.1, -0.05) is 25.2 Å². The van der Waals surface area contributed by atoms with E-state index in [1.54, 1.807) is 42.7 Å². The highest BCUT2D eigenvalue weighted by Gasteiger charge is 2.44. The minimum absolute atomic E-state index is 0.0419. The molecule has 1 aromatic heterocycles. The fourth-order valence-electron chi connectivity index (χ4n) is 3.65. The molecular weight excluding hydrogens is 396 g/mol. The number of ketones is 1. The molecule has 7 nitrogen and oxygen atoms in total. The lowest BCUT2D eigenvalue weighted by molar-refractivity contribution is -0.379. The van der Waals surface area contributed by atoms with E-state index in [4.69, 9.17) is 9.47 Å². The lowest BCUT2D eigenvalue weighted by Crippen LogP contribution is -2.33. The quantitative estimate of drug-likeness (QED) is 0.265. The van der Waals surface area contributed by atoms with Gasteiger partial charge in [-0.15, -0.1) is 0 Å². The second-order valence-electron chi connectivity index (χ2n) is 7.48. The van der Waals surface area contributed by atoms with Gasteiger partial charge in [0.25, 0.3) is 5.91 Å². The summed E-state index contributed by atoms with van der Waals surface area (Å²) in [5.74, 6) is -1.20. The van der Waals surface area contributed by atoms with Gasteiger partial charge in [0, 0.05) is 30.9 Å². The zero-order valence-corrected chi connectivity index (χ0v) is 18.1. The summed E-state index contributed by atoms with van der Waals surface area (Å²) in [6.45, 7) is 5.03. The predicted octanol–water partition coefficient (Wildman–Crippen LogP) is 1.86. The van der Waals surface area contributed by atoms with Crippen LogP contribution in [0.15, 0.2) is 48.3 Å². The second kappa shape index (κ2) is 10.2. The first kappa shape index (κ1) is 22.5. The van der Waals surface area contributed by atoms with Crippen LogP contribution in [0.5, 0.6) is 5.75 Å². The highest BCUT2D eigenvalue weighted by Crippen LogP contribution is 2.38. The molecular formula is C24H28N2O5. The molecule has 7 heteroatoms. The molecule has 1 atom stereocenters. The van der Waals surface area contributed by atoms with Crippen molar-refractivity contribution in [1.82, 2.24) is 4.90 Å². The van der Waals surface area contributed by atoms with E-state index in [1.807, 2.05) is 6.92 Å². The van der Waals surface area contributed by atoms with Gasteiger partial charge in [-0.05, 0) is 42.7 Å². The number of hydrogen-bond acceptors (Lipinski definition) is 5. The summed E-state index contributed by atoms with van der Waals surface area (Å²) in [7, 11) is 1.52. The van der Waals surface area contributed by atoms with Crippen molar-refractivity contribution in [3.63, 3.8) is 0 Å². The number of carbonyl (C=O) groups is 2. The first-order chi connectivity index (χ1) is 15.0. The number of rotatable bonds is 9. The Labute approximate surface area is 182 Å². The van der Waals surface area contributed by atoms with Crippen LogP contribution in [-0.4, -0.2) is 43.5 Å². The lowest BCUT2D eigenvalue weighted by atomic mass is 9.95. The number of methoxy groups -OCH3 is 1. The van der Waals surface area contributed by atoms with Crippen LogP contribution in [0.25, 0.3) is 5.76 Å². The molecule has 0 saturated carbocycles. The molecule has 1 aromatic carbocycles. The van der Waals surface area contributed by atoms with Crippen LogP contribution < -0.4 is 14.8 Å². The van der Waals surface area contributed by atoms with E-state index in [0.717, 1.165) is 18.4 Å². The molecule has 2 heterocycles. The van der Waals surface area contributed by atoms with Crippen LogP contribution in [0, 0.1) is 6.92 Å². The molecule has 2 aromatic rings. The van der Waals surface area contributed by atoms with Crippen molar-refractivity contribution in [2.75, 3.05) is 26.9 Å². The Kier molecular flexibility index (Phi) is 7.41. The molecule has 1 fully saturated rings. The highest BCUT2D eigenvalue weighted by molar-refractivity contribution is 6.46. The summed E-state index contributed by atoms with van der Waals surface area (Å²) in [5, 5.41) is 13.4. The number of aryl methyl sites for hydroxylation is 1. The smallest absolute Gasteiger partial charge is 0.295 e. The Hall–Kier alpha value is -3.19. The van der Waals surface area contributed by atoms with Crippen molar-refractivity contribution in [2.45, 2.75) is 32.7 Å². The average molecular weight is 424 g/mol. The standard InChI is InChI=1S/C24H28N2O5/c1-4-5-12-31-19-9-8-17(14-16(19)2)22(27)20-21(18-7-6-10-25-15-18)26(11-13-30-3)24(29)23(20)28/h6-10,14-15,21,27H,4-5,11-13H2,1-3H3/b22-20+. The molecule has 1 aliphatic heterocycles. The van der Waals surface area contributed by atoms with Crippen LogP contribution in [-0.2, 0) is 14.3 Å². The third kappa shape index (κ3) is 4.77. The molecule has 0 aliphatic carbocycles. The number of nitrogens with zero attached hydrogens (tertiary/aromatic N) is 1. The number of amides is 1.